The number of aliphatic hydroxyl groups excluding tert-OH is 1. The monoisotopic (exact) mass is 211 g/mol. The quantitative estimate of drug-likeness (QED) is 0.815. The highest BCUT2D eigenvalue weighted by Gasteiger charge is 2.31. The zero-order valence-electron chi connectivity index (χ0n) is 10.2. The fraction of sp³-hybridized carbons (Fsp3) is 0.727. The van der Waals surface area contributed by atoms with Gasteiger partial charge in [-0.1, -0.05) is 0 Å². The van der Waals surface area contributed by atoms with Crippen LogP contribution in [-0.4, -0.2) is 39.4 Å². The Balaban J connectivity index is 2.88. The summed E-state index contributed by atoms with van der Waals surface area (Å²) in [7, 11) is 3.93. The fourth-order valence-electron chi connectivity index (χ4n) is 1.35. The number of likely N-dealkylation sites (N-methyl/N-ethyl adjacent to an activating group) is 1. The molecule has 0 aliphatic heterocycles. The van der Waals surface area contributed by atoms with Crippen LogP contribution in [0, 0.1) is 0 Å². The normalized spacial score (nSPS) is 14.6. The summed E-state index contributed by atoms with van der Waals surface area (Å²) in [6.07, 6.45) is 3.11. The minimum absolute atomic E-state index is 0.290. The molecule has 15 heavy (non-hydrogen) atoms. The van der Waals surface area contributed by atoms with Crippen LogP contribution >= 0.6 is 0 Å². The Kier molecular flexibility index (Phi) is 3.52. The molecule has 0 aliphatic rings. The number of aryl methyl sites for hydroxylation is 1. The van der Waals surface area contributed by atoms with Crippen molar-refractivity contribution in [2.75, 3.05) is 14.1 Å². The number of hydrogen-bond acceptors (Lipinski definition) is 3. The van der Waals surface area contributed by atoms with Gasteiger partial charge in [0.2, 0.25) is 0 Å². The maximum atomic E-state index is 10.2. The molecule has 1 unspecified atom stereocenters. The summed E-state index contributed by atoms with van der Waals surface area (Å²) >= 11 is 0. The fourth-order valence-corrected chi connectivity index (χ4v) is 1.35. The van der Waals surface area contributed by atoms with Gasteiger partial charge >= 0.3 is 0 Å². The molecule has 4 nitrogen and oxygen atoms in total. The molecule has 1 N–H and O–H groups in total. The van der Waals surface area contributed by atoms with Crippen LogP contribution < -0.4 is 0 Å². The molecule has 0 amide bonds. The molecule has 0 aromatic carbocycles. The lowest BCUT2D eigenvalue weighted by Crippen LogP contribution is -2.43. The molecular weight excluding hydrogens is 190 g/mol. The highest BCUT2D eigenvalue weighted by atomic mass is 16.3. The average Bonchev–Trinajstić information content (AvgIpc) is 2.64. The molecule has 1 heterocycles. The van der Waals surface area contributed by atoms with Gasteiger partial charge in [-0.25, -0.2) is 0 Å². The Labute approximate surface area is 91.5 Å². The first-order valence-electron chi connectivity index (χ1n) is 5.27. The lowest BCUT2D eigenvalue weighted by molar-refractivity contribution is 0.0163. The van der Waals surface area contributed by atoms with E-state index in [1.165, 1.54) is 0 Å². The van der Waals surface area contributed by atoms with Crippen molar-refractivity contribution < 1.29 is 5.11 Å². The van der Waals surface area contributed by atoms with Crippen molar-refractivity contribution in [2.45, 2.75) is 39.0 Å². The van der Waals surface area contributed by atoms with E-state index in [1.54, 1.807) is 6.20 Å². The van der Waals surface area contributed by atoms with Gasteiger partial charge in [0.15, 0.2) is 0 Å². The minimum atomic E-state index is -0.521. The van der Waals surface area contributed by atoms with E-state index in [2.05, 4.69) is 5.10 Å². The second-order valence-corrected chi connectivity index (χ2v) is 4.58. The second kappa shape index (κ2) is 4.33. The third-order valence-corrected chi connectivity index (χ3v) is 3.11. The maximum Gasteiger partial charge on any atom is 0.0998 e. The third kappa shape index (κ3) is 2.38. The van der Waals surface area contributed by atoms with Crippen molar-refractivity contribution in [3.63, 3.8) is 0 Å². The first kappa shape index (κ1) is 12.2. The average molecular weight is 211 g/mol. The predicted molar refractivity (Wildman–Crippen MR) is 60.6 cm³/mol. The van der Waals surface area contributed by atoms with Crippen LogP contribution in [0.25, 0.3) is 0 Å². The van der Waals surface area contributed by atoms with E-state index in [0.717, 1.165) is 12.1 Å². The molecule has 1 atom stereocenters. The zero-order chi connectivity index (χ0) is 11.6. The molecule has 0 aliphatic carbocycles. The van der Waals surface area contributed by atoms with Gasteiger partial charge in [0.25, 0.3) is 0 Å². The molecule has 0 spiro atoms. The Hall–Kier alpha value is -0.870. The SMILES string of the molecule is CCn1cc(C(O)C(C)(C)N(C)C)cn1. The van der Waals surface area contributed by atoms with Gasteiger partial charge in [-0.3, -0.25) is 4.68 Å². The first-order chi connectivity index (χ1) is 6.89. The van der Waals surface area contributed by atoms with Crippen LogP contribution in [0.1, 0.15) is 32.4 Å². The molecule has 86 valence electrons. The van der Waals surface area contributed by atoms with Crippen molar-refractivity contribution in [1.29, 1.82) is 0 Å². The summed E-state index contributed by atoms with van der Waals surface area (Å²) < 4.78 is 1.82. The van der Waals surface area contributed by atoms with E-state index in [9.17, 15) is 5.11 Å². The molecule has 1 rings (SSSR count). The molecule has 0 saturated heterocycles. The topological polar surface area (TPSA) is 41.3 Å². The number of hydrogen-bond donors (Lipinski definition) is 1. The molecule has 0 saturated carbocycles. The first-order valence-corrected chi connectivity index (χ1v) is 5.27. The molecule has 0 radical (unpaired) electrons. The van der Waals surface area contributed by atoms with Gasteiger partial charge in [0, 0.05) is 23.8 Å². The highest BCUT2D eigenvalue weighted by Crippen LogP contribution is 2.28. The Morgan fingerprint density at radius 3 is 2.53 bits per heavy atom. The molecule has 4 heteroatoms. The number of rotatable bonds is 4. The maximum absolute atomic E-state index is 10.2. The summed E-state index contributed by atoms with van der Waals surface area (Å²) in [6.45, 7) is 6.89. The Morgan fingerprint density at radius 2 is 2.13 bits per heavy atom. The summed E-state index contributed by atoms with van der Waals surface area (Å²) in [4.78, 5) is 2.01. The third-order valence-electron chi connectivity index (χ3n) is 3.11. The molecule has 0 bridgehead atoms. The van der Waals surface area contributed by atoms with E-state index >= 15 is 0 Å². The van der Waals surface area contributed by atoms with Gasteiger partial charge in [-0.2, -0.15) is 5.10 Å². The van der Waals surface area contributed by atoms with E-state index < -0.39 is 6.10 Å². The van der Waals surface area contributed by atoms with Gasteiger partial charge in [-0.05, 0) is 34.9 Å². The van der Waals surface area contributed by atoms with Crippen molar-refractivity contribution in [2.24, 2.45) is 0 Å². The lowest BCUT2D eigenvalue weighted by atomic mass is 9.92. The Morgan fingerprint density at radius 1 is 1.53 bits per heavy atom. The highest BCUT2D eigenvalue weighted by molar-refractivity contribution is 5.13. The van der Waals surface area contributed by atoms with Crippen molar-refractivity contribution in [3.05, 3.63) is 18.0 Å². The van der Waals surface area contributed by atoms with Crippen molar-refractivity contribution in [1.82, 2.24) is 14.7 Å². The van der Waals surface area contributed by atoms with E-state index in [4.69, 9.17) is 0 Å². The van der Waals surface area contributed by atoms with Gasteiger partial charge in [0.1, 0.15) is 0 Å². The van der Waals surface area contributed by atoms with Crippen molar-refractivity contribution >= 4 is 0 Å². The lowest BCUT2D eigenvalue weighted by Gasteiger charge is -2.36. The van der Waals surface area contributed by atoms with Gasteiger partial charge in [0.05, 0.1) is 12.3 Å². The number of aliphatic hydroxyl groups is 1. The minimum Gasteiger partial charge on any atom is -0.386 e. The number of aromatic nitrogens is 2. The zero-order valence-corrected chi connectivity index (χ0v) is 10.2. The van der Waals surface area contributed by atoms with Crippen LogP contribution in [-0.2, 0) is 6.54 Å². The molecule has 1 aromatic heterocycles. The number of nitrogens with zero attached hydrogens (tertiary/aromatic N) is 3. The van der Waals surface area contributed by atoms with Gasteiger partial charge < -0.3 is 10.0 Å². The van der Waals surface area contributed by atoms with Crippen LogP contribution in [0.5, 0.6) is 0 Å². The van der Waals surface area contributed by atoms with E-state index in [-0.39, 0.29) is 5.54 Å². The predicted octanol–water partition coefficient (Wildman–Crippen LogP) is 1.28. The largest absolute Gasteiger partial charge is 0.386 e. The van der Waals surface area contributed by atoms with E-state index in [0.29, 0.717) is 0 Å². The van der Waals surface area contributed by atoms with Crippen molar-refractivity contribution in [3.8, 4) is 0 Å². The molecular formula is C11H21N3O. The van der Waals surface area contributed by atoms with Crippen LogP contribution in [0.3, 0.4) is 0 Å². The molecule has 1 aromatic rings. The Bertz CT molecular complexity index is 317. The van der Waals surface area contributed by atoms with Gasteiger partial charge in [-0.15, -0.1) is 0 Å². The summed E-state index contributed by atoms with van der Waals surface area (Å²) in [5, 5.41) is 14.4. The smallest absolute Gasteiger partial charge is 0.0998 e. The van der Waals surface area contributed by atoms with Crippen LogP contribution in [0.4, 0.5) is 0 Å². The summed E-state index contributed by atoms with van der Waals surface area (Å²) in [5.74, 6) is 0. The summed E-state index contributed by atoms with van der Waals surface area (Å²) in [5.41, 5.74) is 0.581. The van der Waals surface area contributed by atoms with E-state index in [1.807, 2.05) is 50.6 Å². The second-order valence-electron chi connectivity index (χ2n) is 4.58. The molecule has 0 fully saturated rings. The van der Waals surface area contributed by atoms with Crippen LogP contribution in [0.2, 0.25) is 0 Å². The van der Waals surface area contributed by atoms with Crippen LogP contribution in [0.15, 0.2) is 12.4 Å². The summed E-state index contributed by atoms with van der Waals surface area (Å²) in [6, 6.07) is 0. The standard InChI is InChI=1S/C11H21N3O/c1-6-14-8-9(7-12-14)10(15)11(2,3)13(4)5/h7-8,10,15H,6H2,1-5H3.